The lowest BCUT2D eigenvalue weighted by Crippen LogP contribution is -2.50. The fourth-order valence-electron chi connectivity index (χ4n) is 3.25. The van der Waals surface area contributed by atoms with Crippen molar-refractivity contribution in [3.63, 3.8) is 0 Å². The Balaban J connectivity index is 2.01. The van der Waals surface area contributed by atoms with E-state index in [9.17, 15) is 4.79 Å². The van der Waals surface area contributed by atoms with Gasteiger partial charge in [-0.15, -0.1) is 0 Å². The molecule has 1 N–H and O–H groups in total. The van der Waals surface area contributed by atoms with Gasteiger partial charge in [0.25, 0.3) is 0 Å². The first-order valence-corrected chi connectivity index (χ1v) is 8.44. The van der Waals surface area contributed by atoms with E-state index in [1.807, 2.05) is 0 Å². The van der Waals surface area contributed by atoms with Gasteiger partial charge in [-0.05, 0) is 57.0 Å². The van der Waals surface area contributed by atoms with E-state index in [0.29, 0.717) is 23.8 Å². The lowest BCUT2D eigenvalue weighted by atomic mass is 9.74. The fourth-order valence-corrected chi connectivity index (χ4v) is 3.25. The third-order valence-corrected chi connectivity index (χ3v) is 5.06. The zero-order valence-electron chi connectivity index (χ0n) is 13.7. The van der Waals surface area contributed by atoms with Crippen molar-refractivity contribution in [2.45, 2.75) is 65.8 Å². The molecule has 0 radical (unpaired) electrons. The summed E-state index contributed by atoms with van der Waals surface area (Å²) in [5, 5.41) is 3.46. The zero-order chi connectivity index (χ0) is 14.8. The third-order valence-electron chi connectivity index (χ3n) is 5.06. The summed E-state index contributed by atoms with van der Waals surface area (Å²) in [5.41, 5.74) is -0.215. The average molecular weight is 280 g/mol. The van der Waals surface area contributed by atoms with Crippen molar-refractivity contribution in [1.29, 1.82) is 0 Å². The van der Waals surface area contributed by atoms with Gasteiger partial charge in [-0.25, -0.2) is 0 Å². The van der Waals surface area contributed by atoms with Gasteiger partial charge >= 0.3 is 0 Å². The molecule has 0 spiro atoms. The molecule has 2 fully saturated rings. The van der Waals surface area contributed by atoms with Gasteiger partial charge in [0.1, 0.15) is 0 Å². The monoisotopic (exact) mass is 280 g/mol. The van der Waals surface area contributed by atoms with Gasteiger partial charge in [0.15, 0.2) is 0 Å². The van der Waals surface area contributed by atoms with Crippen molar-refractivity contribution in [2.24, 2.45) is 17.3 Å². The molecule has 20 heavy (non-hydrogen) atoms. The highest BCUT2D eigenvalue weighted by atomic mass is 16.2. The SMILES string of the molecule is CC(C)CCN(C(=O)C(C)(C)C1CCCNC1)C1CC1. The molecule has 2 rings (SSSR count). The summed E-state index contributed by atoms with van der Waals surface area (Å²) in [4.78, 5) is 15.3. The highest BCUT2D eigenvalue weighted by Crippen LogP contribution is 2.37. The van der Waals surface area contributed by atoms with Gasteiger partial charge in [-0.2, -0.15) is 0 Å². The summed E-state index contributed by atoms with van der Waals surface area (Å²) in [6, 6.07) is 0.539. The largest absolute Gasteiger partial charge is 0.339 e. The predicted octanol–water partition coefficient (Wildman–Crippen LogP) is 3.05. The number of hydrogen-bond donors (Lipinski definition) is 1. The van der Waals surface area contributed by atoms with Crippen LogP contribution in [-0.4, -0.2) is 36.5 Å². The molecule has 1 aliphatic carbocycles. The van der Waals surface area contributed by atoms with Crippen LogP contribution in [0, 0.1) is 17.3 Å². The smallest absolute Gasteiger partial charge is 0.228 e. The Bertz CT molecular complexity index is 328. The molecule has 0 aromatic heterocycles. The summed E-state index contributed by atoms with van der Waals surface area (Å²) < 4.78 is 0. The number of piperidine rings is 1. The van der Waals surface area contributed by atoms with E-state index in [1.165, 1.54) is 25.7 Å². The molecule has 1 amide bonds. The number of nitrogens with zero attached hydrogens (tertiary/aromatic N) is 1. The minimum Gasteiger partial charge on any atom is -0.339 e. The number of carbonyl (C=O) groups excluding carboxylic acids is 1. The summed E-state index contributed by atoms with van der Waals surface area (Å²) in [5.74, 6) is 1.56. The van der Waals surface area contributed by atoms with E-state index in [4.69, 9.17) is 0 Å². The van der Waals surface area contributed by atoms with Crippen molar-refractivity contribution >= 4 is 5.91 Å². The van der Waals surface area contributed by atoms with E-state index in [0.717, 1.165) is 26.1 Å². The number of nitrogens with one attached hydrogen (secondary N) is 1. The maximum Gasteiger partial charge on any atom is 0.228 e. The summed E-state index contributed by atoms with van der Waals surface area (Å²) >= 11 is 0. The van der Waals surface area contributed by atoms with Gasteiger partial charge in [-0.1, -0.05) is 27.7 Å². The molecular formula is C17H32N2O. The quantitative estimate of drug-likeness (QED) is 0.811. The molecule has 0 aromatic rings. The highest BCUT2D eigenvalue weighted by molar-refractivity contribution is 5.83. The number of hydrogen-bond acceptors (Lipinski definition) is 2. The normalized spacial score (nSPS) is 23.9. The maximum absolute atomic E-state index is 13.1. The Morgan fingerprint density at radius 1 is 1.30 bits per heavy atom. The molecule has 116 valence electrons. The van der Waals surface area contributed by atoms with Crippen molar-refractivity contribution in [2.75, 3.05) is 19.6 Å². The molecule has 3 nitrogen and oxygen atoms in total. The number of carbonyl (C=O) groups is 1. The van der Waals surface area contributed by atoms with E-state index >= 15 is 0 Å². The second-order valence-electron chi connectivity index (χ2n) is 7.68. The van der Waals surface area contributed by atoms with Crippen molar-refractivity contribution in [1.82, 2.24) is 10.2 Å². The van der Waals surface area contributed by atoms with Crippen LogP contribution in [0.4, 0.5) is 0 Å². The van der Waals surface area contributed by atoms with Crippen molar-refractivity contribution < 1.29 is 4.79 Å². The minimum absolute atomic E-state index is 0.215. The van der Waals surface area contributed by atoms with Crippen molar-refractivity contribution in [3.05, 3.63) is 0 Å². The Labute approximate surface area is 124 Å². The minimum atomic E-state index is -0.215. The van der Waals surface area contributed by atoms with Crippen LogP contribution in [0.1, 0.15) is 59.8 Å². The van der Waals surface area contributed by atoms with E-state index in [-0.39, 0.29) is 5.41 Å². The van der Waals surface area contributed by atoms with E-state index in [2.05, 4.69) is 37.9 Å². The van der Waals surface area contributed by atoms with Gasteiger partial charge in [-0.3, -0.25) is 4.79 Å². The Kier molecular flexibility index (Phi) is 5.11. The van der Waals surface area contributed by atoms with Crippen LogP contribution < -0.4 is 5.32 Å². The lowest BCUT2D eigenvalue weighted by Gasteiger charge is -2.40. The van der Waals surface area contributed by atoms with Crippen LogP contribution in [0.15, 0.2) is 0 Å². The standard InChI is InChI=1S/C17H32N2O/c1-13(2)9-11-19(15-7-8-15)16(20)17(3,4)14-6-5-10-18-12-14/h13-15,18H,5-12H2,1-4H3. The molecule has 1 heterocycles. The van der Waals surface area contributed by atoms with Gasteiger partial charge < -0.3 is 10.2 Å². The zero-order valence-corrected chi connectivity index (χ0v) is 13.7. The first kappa shape index (κ1) is 15.8. The predicted molar refractivity (Wildman–Crippen MR) is 83.6 cm³/mol. The first-order chi connectivity index (χ1) is 9.43. The molecule has 1 unspecified atom stereocenters. The number of amides is 1. The average Bonchev–Trinajstić information content (AvgIpc) is 3.24. The Hall–Kier alpha value is -0.570. The molecule has 3 heteroatoms. The molecule has 1 saturated heterocycles. The Morgan fingerprint density at radius 3 is 2.50 bits per heavy atom. The summed E-state index contributed by atoms with van der Waals surface area (Å²) in [7, 11) is 0. The molecule has 0 aromatic carbocycles. The fraction of sp³-hybridized carbons (Fsp3) is 0.941. The lowest BCUT2D eigenvalue weighted by molar-refractivity contribution is -0.144. The summed E-state index contributed by atoms with van der Waals surface area (Å²) in [6.07, 6.45) is 5.94. The molecular weight excluding hydrogens is 248 g/mol. The number of rotatable bonds is 6. The topological polar surface area (TPSA) is 32.3 Å². The maximum atomic E-state index is 13.1. The van der Waals surface area contributed by atoms with Crippen LogP contribution in [0.2, 0.25) is 0 Å². The van der Waals surface area contributed by atoms with Crippen LogP contribution in [0.25, 0.3) is 0 Å². The molecule has 1 atom stereocenters. The van der Waals surface area contributed by atoms with Crippen LogP contribution in [0.5, 0.6) is 0 Å². The molecule has 2 aliphatic rings. The molecule has 1 aliphatic heterocycles. The van der Waals surface area contributed by atoms with Crippen molar-refractivity contribution in [3.8, 4) is 0 Å². The third kappa shape index (κ3) is 3.75. The van der Waals surface area contributed by atoms with E-state index in [1.54, 1.807) is 0 Å². The second-order valence-corrected chi connectivity index (χ2v) is 7.68. The Morgan fingerprint density at radius 2 is 2.00 bits per heavy atom. The summed E-state index contributed by atoms with van der Waals surface area (Å²) in [6.45, 7) is 11.9. The first-order valence-electron chi connectivity index (χ1n) is 8.44. The van der Waals surface area contributed by atoms with Gasteiger partial charge in [0.05, 0.1) is 0 Å². The van der Waals surface area contributed by atoms with Gasteiger partial charge in [0, 0.05) is 18.0 Å². The molecule has 1 saturated carbocycles. The molecule has 0 bridgehead atoms. The highest BCUT2D eigenvalue weighted by Gasteiger charge is 2.43. The van der Waals surface area contributed by atoms with Gasteiger partial charge in [0.2, 0.25) is 5.91 Å². The van der Waals surface area contributed by atoms with Crippen LogP contribution in [0.3, 0.4) is 0 Å². The van der Waals surface area contributed by atoms with Crippen LogP contribution in [-0.2, 0) is 4.79 Å². The van der Waals surface area contributed by atoms with E-state index < -0.39 is 0 Å². The van der Waals surface area contributed by atoms with Crippen LogP contribution >= 0.6 is 0 Å². The second kappa shape index (κ2) is 6.46.